The topological polar surface area (TPSA) is 52.4 Å². The molecule has 0 radical (unpaired) electrons. The molecule has 2 aromatic rings. The molecule has 1 aromatic carbocycles. The minimum Gasteiger partial charge on any atom is -0.486 e. The number of thiophene rings is 1. The third-order valence-electron chi connectivity index (χ3n) is 2.30. The smallest absolute Gasteiger partial charge is 0.312 e. The van der Waals surface area contributed by atoms with Gasteiger partial charge in [0.15, 0.2) is 5.75 Å². The number of nitro benzene ring substituents is 1. The van der Waals surface area contributed by atoms with Gasteiger partial charge in [-0.2, -0.15) is 0 Å². The van der Waals surface area contributed by atoms with E-state index in [9.17, 15) is 10.1 Å². The van der Waals surface area contributed by atoms with Crippen molar-refractivity contribution in [2.45, 2.75) is 6.42 Å². The average Bonchev–Trinajstić information content (AvgIpc) is 2.84. The number of halogens is 1. The molecule has 6 heteroatoms. The summed E-state index contributed by atoms with van der Waals surface area (Å²) in [7, 11) is 0. The first-order valence-electron chi connectivity index (χ1n) is 5.26. The first-order chi connectivity index (χ1) is 8.66. The maximum absolute atomic E-state index is 10.9. The summed E-state index contributed by atoms with van der Waals surface area (Å²) in [5, 5.41) is 12.9. The van der Waals surface area contributed by atoms with Crippen molar-refractivity contribution in [3.63, 3.8) is 0 Å². The Morgan fingerprint density at radius 1 is 1.39 bits per heavy atom. The summed E-state index contributed by atoms with van der Waals surface area (Å²) >= 11 is 4.86. The molecule has 0 N–H and O–H groups in total. The summed E-state index contributed by atoms with van der Waals surface area (Å²) in [5.74, 6) is 0.305. The molecule has 0 aliphatic rings. The number of hydrogen-bond donors (Lipinski definition) is 0. The maximum Gasteiger partial charge on any atom is 0.312 e. The zero-order chi connectivity index (χ0) is 13.0. The van der Waals surface area contributed by atoms with E-state index in [1.165, 1.54) is 10.9 Å². The number of hydrogen-bond acceptors (Lipinski definition) is 4. The van der Waals surface area contributed by atoms with E-state index in [1.54, 1.807) is 23.5 Å². The summed E-state index contributed by atoms with van der Waals surface area (Å²) in [4.78, 5) is 11.6. The monoisotopic (exact) mass is 327 g/mol. The second kappa shape index (κ2) is 5.97. The van der Waals surface area contributed by atoms with Crippen molar-refractivity contribution < 1.29 is 9.66 Å². The number of rotatable bonds is 5. The molecular formula is C12H10BrNO3S. The van der Waals surface area contributed by atoms with E-state index in [-0.39, 0.29) is 5.69 Å². The Kier molecular flexibility index (Phi) is 4.33. The van der Waals surface area contributed by atoms with E-state index in [2.05, 4.69) is 15.9 Å². The second-order valence-electron chi connectivity index (χ2n) is 3.55. The molecule has 18 heavy (non-hydrogen) atoms. The summed E-state index contributed by atoms with van der Waals surface area (Å²) in [6.07, 6.45) is 0.755. The SMILES string of the molecule is O=[N+]([O-])c1cc(Br)ccc1OCCc1cccs1. The van der Waals surface area contributed by atoms with Crippen LogP contribution in [0.1, 0.15) is 4.88 Å². The Morgan fingerprint density at radius 3 is 2.89 bits per heavy atom. The molecule has 1 heterocycles. The van der Waals surface area contributed by atoms with Gasteiger partial charge in [-0.05, 0) is 23.6 Å². The molecule has 0 aliphatic carbocycles. The van der Waals surface area contributed by atoms with Crippen LogP contribution in [0.25, 0.3) is 0 Å². The minimum absolute atomic E-state index is 0.0180. The van der Waals surface area contributed by atoms with E-state index < -0.39 is 4.92 Å². The van der Waals surface area contributed by atoms with Gasteiger partial charge in [0.1, 0.15) is 0 Å². The first-order valence-corrected chi connectivity index (χ1v) is 6.93. The van der Waals surface area contributed by atoms with E-state index >= 15 is 0 Å². The van der Waals surface area contributed by atoms with Crippen LogP contribution in [0.3, 0.4) is 0 Å². The summed E-state index contributed by atoms with van der Waals surface area (Å²) in [6, 6.07) is 8.77. The van der Waals surface area contributed by atoms with Crippen LogP contribution < -0.4 is 4.74 Å². The Balaban J connectivity index is 2.02. The molecule has 0 fully saturated rings. The van der Waals surface area contributed by atoms with Gasteiger partial charge in [-0.3, -0.25) is 10.1 Å². The third kappa shape index (κ3) is 3.30. The highest BCUT2D eigenvalue weighted by atomic mass is 79.9. The fourth-order valence-electron chi connectivity index (χ4n) is 1.47. The molecule has 0 atom stereocenters. The van der Waals surface area contributed by atoms with Crippen molar-refractivity contribution in [2.75, 3.05) is 6.61 Å². The number of ether oxygens (including phenoxy) is 1. The van der Waals surface area contributed by atoms with Crippen LogP contribution in [0.5, 0.6) is 5.75 Å². The highest BCUT2D eigenvalue weighted by Gasteiger charge is 2.15. The van der Waals surface area contributed by atoms with Crippen molar-refractivity contribution in [1.29, 1.82) is 0 Å². The van der Waals surface area contributed by atoms with Gasteiger partial charge in [0.05, 0.1) is 11.5 Å². The van der Waals surface area contributed by atoms with Crippen LogP contribution in [-0.4, -0.2) is 11.5 Å². The minimum atomic E-state index is -0.439. The molecule has 0 amide bonds. The quantitative estimate of drug-likeness (QED) is 0.615. The van der Waals surface area contributed by atoms with Gasteiger partial charge in [0.25, 0.3) is 0 Å². The second-order valence-corrected chi connectivity index (χ2v) is 5.49. The lowest BCUT2D eigenvalue weighted by molar-refractivity contribution is -0.385. The van der Waals surface area contributed by atoms with E-state index in [0.717, 1.165) is 6.42 Å². The fraction of sp³-hybridized carbons (Fsp3) is 0.167. The zero-order valence-corrected chi connectivity index (χ0v) is 11.7. The molecule has 94 valence electrons. The van der Waals surface area contributed by atoms with Gasteiger partial charge in [0.2, 0.25) is 0 Å². The zero-order valence-electron chi connectivity index (χ0n) is 9.34. The molecule has 0 aliphatic heterocycles. The van der Waals surface area contributed by atoms with Gasteiger partial charge in [-0.15, -0.1) is 11.3 Å². The molecule has 0 unspecified atom stereocenters. The predicted octanol–water partition coefficient (Wildman–Crippen LogP) is 4.04. The molecule has 2 rings (SSSR count). The van der Waals surface area contributed by atoms with Crippen LogP contribution in [-0.2, 0) is 6.42 Å². The molecule has 4 nitrogen and oxygen atoms in total. The van der Waals surface area contributed by atoms with Crippen molar-refractivity contribution in [3.05, 3.63) is 55.2 Å². The molecule has 0 saturated heterocycles. The average molecular weight is 328 g/mol. The van der Waals surface area contributed by atoms with Crippen LogP contribution in [0.4, 0.5) is 5.69 Å². The highest BCUT2D eigenvalue weighted by molar-refractivity contribution is 9.10. The summed E-state index contributed by atoms with van der Waals surface area (Å²) in [6.45, 7) is 0.434. The van der Waals surface area contributed by atoms with E-state index in [4.69, 9.17) is 4.74 Å². The van der Waals surface area contributed by atoms with Crippen LogP contribution in [0.2, 0.25) is 0 Å². The standard InChI is InChI=1S/C12H10BrNO3S/c13-9-3-4-12(11(8-9)14(15)16)17-6-5-10-2-1-7-18-10/h1-4,7-8H,5-6H2. The van der Waals surface area contributed by atoms with Gasteiger partial charge in [-0.1, -0.05) is 22.0 Å². The Morgan fingerprint density at radius 2 is 2.22 bits per heavy atom. The van der Waals surface area contributed by atoms with Gasteiger partial charge < -0.3 is 4.74 Å². The van der Waals surface area contributed by atoms with Crippen molar-refractivity contribution in [3.8, 4) is 5.75 Å². The van der Waals surface area contributed by atoms with Crippen molar-refractivity contribution in [1.82, 2.24) is 0 Å². The molecule has 0 saturated carbocycles. The van der Waals surface area contributed by atoms with Gasteiger partial charge >= 0.3 is 5.69 Å². The fourth-order valence-corrected chi connectivity index (χ4v) is 2.51. The third-order valence-corrected chi connectivity index (χ3v) is 3.73. The number of nitro groups is 1. The number of benzene rings is 1. The van der Waals surface area contributed by atoms with Crippen molar-refractivity contribution >= 4 is 33.0 Å². The molecule has 1 aromatic heterocycles. The van der Waals surface area contributed by atoms with Gasteiger partial charge in [-0.25, -0.2) is 0 Å². The summed E-state index contributed by atoms with van der Waals surface area (Å²) < 4.78 is 6.14. The van der Waals surface area contributed by atoms with Gasteiger partial charge in [0, 0.05) is 21.8 Å². The van der Waals surface area contributed by atoms with Crippen molar-refractivity contribution in [2.24, 2.45) is 0 Å². The Labute approximate surface area is 116 Å². The van der Waals surface area contributed by atoms with E-state index in [0.29, 0.717) is 16.8 Å². The lowest BCUT2D eigenvalue weighted by Gasteiger charge is -2.06. The Hall–Kier alpha value is -1.40. The van der Waals surface area contributed by atoms with Crippen LogP contribution in [0.15, 0.2) is 40.2 Å². The highest BCUT2D eigenvalue weighted by Crippen LogP contribution is 2.30. The largest absolute Gasteiger partial charge is 0.486 e. The van der Waals surface area contributed by atoms with Crippen LogP contribution in [0, 0.1) is 10.1 Å². The summed E-state index contributed by atoms with van der Waals surface area (Å²) in [5.41, 5.74) is -0.0180. The lowest BCUT2D eigenvalue weighted by Crippen LogP contribution is -2.02. The first kappa shape index (κ1) is 13.0. The number of nitrogens with zero attached hydrogens (tertiary/aromatic N) is 1. The molecule has 0 bridgehead atoms. The maximum atomic E-state index is 10.9. The van der Waals surface area contributed by atoms with Crippen LogP contribution >= 0.6 is 27.3 Å². The normalized spacial score (nSPS) is 10.3. The van der Waals surface area contributed by atoms with E-state index in [1.807, 2.05) is 17.5 Å². The lowest BCUT2D eigenvalue weighted by atomic mass is 10.3. The predicted molar refractivity (Wildman–Crippen MR) is 74.3 cm³/mol. The molecular weight excluding hydrogens is 318 g/mol. The Bertz CT molecular complexity index is 542. The molecule has 0 spiro atoms.